The van der Waals surface area contributed by atoms with E-state index < -0.39 is 11.9 Å². The first kappa shape index (κ1) is 14.8. The maximum atomic E-state index is 11.7. The number of carbonyl (C=O) groups is 2. The summed E-state index contributed by atoms with van der Waals surface area (Å²) in [5, 5.41) is 14.3. The third-order valence-corrected chi connectivity index (χ3v) is 3.18. The van der Waals surface area contributed by atoms with Gasteiger partial charge in [0.25, 0.3) is 0 Å². The van der Waals surface area contributed by atoms with Crippen molar-refractivity contribution < 1.29 is 19.4 Å². The molecule has 2 rings (SSSR count). The molecule has 1 aromatic heterocycles. The summed E-state index contributed by atoms with van der Waals surface area (Å²) in [4.78, 5) is 26.6. The summed E-state index contributed by atoms with van der Waals surface area (Å²) >= 11 is 0. The molecule has 0 fully saturated rings. The van der Waals surface area contributed by atoms with Crippen LogP contribution in [0.4, 0.5) is 4.79 Å². The van der Waals surface area contributed by atoms with Crippen LogP contribution in [0.2, 0.25) is 0 Å². The Hall–Kier alpha value is -2.57. The molecule has 2 amide bonds. The highest BCUT2D eigenvalue weighted by Crippen LogP contribution is 2.17. The molecular weight excluding hydrogens is 274 g/mol. The SMILES string of the molecule is COc1ccc(CNC(=O)NC2C=CC(C(=O)O)C2)cn1. The first-order chi connectivity index (χ1) is 10.1. The number of carboxylic acid groups (broad SMARTS) is 1. The van der Waals surface area contributed by atoms with Gasteiger partial charge >= 0.3 is 12.0 Å². The third kappa shape index (κ3) is 4.20. The smallest absolute Gasteiger partial charge is 0.315 e. The zero-order chi connectivity index (χ0) is 15.2. The Kier molecular flexibility index (Phi) is 4.76. The average Bonchev–Trinajstić information content (AvgIpc) is 2.94. The van der Waals surface area contributed by atoms with Crippen molar-refractivity contribution in [1.82, 2.24) is 15.6 Å². The number of amides is 2. The van der Waals surface area contributed by atoms with Crippen LogP contribution in [0.1, 0.15) is 12.0 Å². The largest absolute Gasteiger partial charge is 0.481 e. The number of carbonyl (C=O) groups excluding carboxylic acids is 1. The summed E-state index contributed by atoms with van der Waals surface area (Å²) in [6, 6.07) is 2.93. The lowest BCUT2D eigenvalue weighted by molar-refractivity contribution is -0.140. The zero-order valence-electron chi connectivity index (χ0n) is 11.6. The van der Waals surface area contributed by atoms with Gasteiger partial charge in [-0.1, -0.05) is 18.2 Å². The minimum absolute atomic E-state index is 0.250. The van der Waals surface area contributed by atoms with E-state index in [4.69, 9.17) is 9.84 Å². The number of rotatable bonds is 5. The molecule has 0 bridgehead atoms. The van der Waals surface area contributed by atoms with Crippen LogP contribution in [0, 0.1) is 5.92 Å². The van der Waals surface area contributed by atoms with Crippen molar-refractivity contribution >= 4 is 12.0 Å². The molecule has 0 aliphatic heterocycles. The highest BCUT2D eigenvalue weighted by molar-refractivity contribution is 5.76. The van der Waals surface area contributed by atoms with Gasteiger partial charge < -0.3 is 20.5 Å². The van der Waals surface area contributed by atoms with E-state index in [9.17, 15) is 9.59 Å². The van der Waals surface area contributed by atoms with Crippen molar-refractivity contribution in [2.24, 2.45) is 5.92 Å². The highest BCUT2D eigenvalue weighted by Gasteiger charge is 2.25. The number of hydrogen-bond acceptors (Lipinski definition) is 4. The van der Waals surface area contributed by atoms with Gasteiger partial charge in [0.05, 0.1) is 19.1 Å². The number of aliphatic carboxylic acids is 1. The topological polar surface area (TPSA) is 101 Å². The Balaban J connectivity index is 1.75. The number of hydrogen-bond donors (Lipinski definition) is 3. The number of urea groups is 1. The Morgan fingerprint density at radius 3 is 2.81 bits per heavy atom. The number of pyridine rings is 1. The van der Waals surface area contributed by atoms with Gasteiger partial charge in [-0.15, -0.1) is 0 Å². The number of nitrogens with zero attached hydrogens (tertiary/aromatic N) is 1. The van der Waals surface area contributed by atoms with Crippen LogP contribution >= 0.6 is 0 Å². The normalized spacial score (nSPS) is 20.0. The molecule has 0 spiro atoms. The van der Waals surface area contributed by atoms with E-state index in [0.29, 0.717) is 18.8 Å². The van der Waals surface area contributed by atoms with E-state index in [0.717, 1.165) is 5.56 Å². The quantitative estimate of drug-likeness (QED) is 0.700. The second-order valence-corrected chi connectivity index (χ2v) is 4.71. The van der Waals surface area contributed by atoms with Gasteiger partial charge in [0.1, 0.15) is 0 Å². The van der Waals surface area contributed by atoms with E-state index in [1.807, 2.05) is 6.07 Å². The Morgan fingerprint density at radius 1 is 1.43 bits per heavy atom. The number of ether oxygens (including phenoxy) is 1. The second kappa shape index (κ2) is 6.74. The van der Waals surface area contributed by atoms with Crippen molar-refractivity contribution in [1.29, 1.82) is 0 Å². The van der Waals surface area contributed by atoms with Gasteiger partial charge in [0.2, 0.25) is 5.88 Å². The maximum Gasteiger partial charge on any atom is 0.315 e. The fraction of sp³-hybridized carbons (Fsp3) is 0.357. The highest BCUT2D eigenvalue weighted by atomic mass is 16.5. The van der Waals surface area contributed by atoms with Crippen LogP contribution < -0.4 is 15.4 Å². The number of methoxy groups -OCH3 is 1. The molecule has 2 unspecified atom stereocenters. The van der Waals surface area contributed by atoms with Gasteiger partial charge in [-0.3, -0.25) is 4.79 Å². The molecule has 0 radical (unpaired) electrons. The Labute approximate surface area is 122 Å². The summed E-state index contributed by atoms with van der Waals surface area (Å²) in [6.45, 7) is 0.335. The van der Waals surface area contributed by atoms with E-state index in [1.54, 1.807) is 24.4 Å². The maximum absolute atomic E-state index is 11.7. The third-order valence-electron chi connectivity index (χ3n) is 3.18. The van der Waals surface area contributed by atoms with E-state index in [1.165, 1.54) is 7.11 Å². The van der Waals surface area contributed by atoms with Crippen molar-refractivity contribution in [3.8, 4) is 5.88 Å². The standard InChI is InChI=1S/C14H17N3O4/c1-21-12-5-2-9(7-15-12)8-16-14(20)17-11-4-3-10(6-11)13(18)19/h2-5,7,10-11H,6,8H2,1H3,(H,18,19)(H2,16,17,20). The lowest BCUT2D eigenvalue weighted by Crippen LogP contribution is -2.40. The van der Waals surface area contributed by atoms with Crippen LogP contribution in [-0.2, 0) is 11.3 Å². The van der Waals surface area contributed by atoms with Gasteiger partial charge in [-0.05, 0) is 12.0 Å². The van der Waals surface area contributed by atoms with E-state index in [-0.39, 0.29) is 12.1 Å². The van der Waals surface area contributed by atoms with Gasteiger partial charge in [-0.2, -0.15) is 0 Å². The lowest BCUT2D eigenvalue weighted by Gasteiger charge is -2.13. The van der Waals surface area contributed by atoms with Gasteiger partial charge in [0, 0.05) is 18.8 Å². The molecule has 2 atom stereocenters. The molecule has 1 aliphatic rings. The Morgan fingerprint density at radius 2 is 2.24 bits per heavy atom. The zero-order valence-corrected chi connectivity index (χ0v) is 11.6. The molecular formula is C14H17N3O4. The molecule has 1 aromatic rings. The molecule has 7 nitrogen and oxygen atoms in total. The predicted molar refractivity (Wildman–Crippen MR) is 74.8 cm³/mol. The van der Waals surface area contributed by atoms with Crippen LogP contribution in [0.15, 0.2) is 30.5 Å². The number of carboxylic acids is 1. The molecule has 0 saturated heterocycles. The molecule has 112 valence electrons. The summed E-state index contributed by atoms with van der Waals surface area (Å²) in [5.41, 5.74) is 0.844. The van der Waals surface area contributed by atoms with Crippen molar-refractivity contribution in [3.63, 3.8) is 0 Å². The van der Waals surface area contributed by atoms with Crippen LogP contribution in [-0.4, -0.2) is 35.2 Å². The summed E-state index contributed by atoms with van der Waals surface area (Å²) in [7, 11) is 1.53. The molecule has 1 heterocycles. The monoisotopic (exact) mass is 291 g/mol. The molecule has 1 aliphatic carbocycles. The van der Waals surface area contributed by atoms with Crippen LogP contribution in [0.25, 0.3) is 0 Å². The van der Waals surface area contributed by atoms with Crippen molar-refractivity contribution in [2.45, 2.75) is 19.0 Å². The van der Waals surface area contributed by atoms with Gasteiger partial charge in [-0.25, -0.2) is 9.78 Å². The predicted octanol–water partition coefficient (Wildman–Crippen LogP) is 0.919. The minimum Gasteiger partial charge on any atom is -0.481 e. The lowest BCUT2D eigenvalue weighted by atomic mass is 10.1. The number of aromatic nitrogens is 1. The molecule has 0 aromatic carbocycles. The first-order valence-corrected chi connectivity index (χ1v) is 6.53. The molecule has 3 N–H and O–H groups in total. The molecule has 0 saturated carbocycles. The van der Waals surface area contributed by atoms with E-state index in [2.05, 4.69) is 15.6 Å². The van der Waals surface area contributed by atoms with E-state index >= 15 is 0 Å². The van der Waals surface area contributed by atoms with Crippen LogP contribution in [0.3, 0.4) is 0 Å². The minimum atomic E-state index is -0.875. The fourth-order valence-corrected chi connectivity index (χ4v) is 2.03. The van der Waals surface area contributed by atoms with Crippen molar-refractivity contribution in [3.05, 3.63) is 36.0 Å². The molecule has 21 heavy (non-hydrogen) atoms. The summed E-state index contributed by atoms with van der Waals surface area (Å²) in [6.07, 6.45) is 5.30. The summed E-state index contributed by atoms with van der Waals surface area (Å²) < 4.78 is 4.95. The summed E-state index contributed by atoms with van der Waals surface area (Å²) in [5.74, 6) is -0.889. The average molecular weight is 291 g/mol. The molecule has 7 heteroatoms. The second-order valence-electron chi connectivity index (χ2n) is 4.71. The Bertz CT molecular complexity index is 542. The van der Waals surface area contributed by atoms with Gasteiger partial charge in [0.15, 0.2) is 0 Å². The first-order valence-electron chi connectivity index (χ1n) is 6.53. The fourth-order valence-electron chi connectivity index (χ4n) is 2.03. The van der Waals surface area contributed by atoms with Crippen molar-refractivity contribution in [2.75, 3.05) is 7.11 Å². The number of nitrogens with one attached hydrogen (secondary N) is 2. The van der Waals surface area contributed by atoms with Crippen LogP contribution in [0.5, 0.6) is 5.88 Å².